The fourth-order valence-corrected chi connectivity index (χ4v) is 4.57. The summed E-state index contributed by atoms with van der Waals surface area (Å²) in [5, 5.41) is 7.88. The minimum atomic E-state index is -0.272. The molecule has 4 rings (SSSR count). The molecule has 1 aromatic heterocycles. The van der Waals surface area contributed by atoms with Gasteiger partial charge in [0.1, 0.15) is 0 Å². The van der Waals surface area contributed by atoms with Gasteiger partial charge in [0.05, 0.1) is 24.5 Å². The monoisotopic (exact) mass is 494 g/mol. The van der Waals surface area contributed by atoms with Gasteiger partial charge >= 0.3 is 0 Å². The summed E-state index contributed by atoms with van der Waals surface area (Å²) >= 11 is 7.29. The molecule has 2 heterocycles. The van der Waals surface area contributed by atoms with Crippen molar-refractivity contribution in [3.8, 4) is 0 Å². The van der Waals surface area contributed by atoms with E-state index in [1.54, 1.807) is 30.3 Å². The molecular weight excluding hydrogens is 472 g/mol. The van der Waals surface area contributed by atoms with Crippen LogP contribution in [-0.2, 0) is 22.7 Å². The lowest BCUT2D eigenvalue weighted by atomic mass is 10.1. The molecule has 174 valence electrons. The standard InChI is InChI=1S/C25H23ClN4O3S/c1-16-21(17(2)30(28-16)14-19-5-3-4-6-22(19)26)11-12-23(31)27-20-9-7-18(8-10-20)13-29-24(32)15-34-25(29)33/h3-12H,13-15H2,1-2H3,(H,27,31)/b12-11+. The fourth-order valence-electron chi connectivity index (χ4n) is 3.65. The lowest BCUT2D eigenvalue weighted by Crippen LogP contribution is -2.27. The van der Waals surface area contributed by atoms with Gasteiger partial charge in [0, 0.05) is 28.0 Å². The van der Waals surface area contributed by atoms with E-state index in [4.69, 9.17) is 11.6 Å². The number of aryl methyl sites for hydroxylation is 1. The van der Waals surface area contributed by atoms with Gasteiger partial charge in [0.25, 0.3) is 5.24 Å². The van der Waals surface area contributed by atoms with Crippen molar-refractivity contribution in [2.75, 3.05) is 11.1 Å². The third kappa shape index (κ3) is 5.40. The first-order chi connectivity index (χ1) is 16.3. The second-order valence-electron chi connectivity index (χ2n) is 7.89. The van der Waals surface area contributed by atoms with Crippen LogP contribution in [0.15, 0.2) is 54.6 Å². The van der Waals surface area contributed by atoms with Gasteiger partial charge in [-0.1, -0.05) is 53.7 Å². The first-order valence-corrected chi connectivity index (χ1v) is 12.0. The van der Waals surface area contributed by atoms with Crippen LogP contribution in [-0.4, -0.2) is 37.5 Å². The summed E-state index contributed by atoms with van der Waals surface area (Å²) in [5.74, 6) is -0.262. The molecule has 1 aliphatic rings. The molecule has 0 unspecified atom stereocenters. The van der Waals surface area contributed by atoms with Crippen LogP contribution in [0.4, 0.5) is 10.5 Å². The molecular formula is C25H23ClN4O3S. The summed E-state index contributed by atoms with van der Waals surface area (Å²) < 4.78 is 1.88. The number of nitrogens with zero attached hydrogens (tertiary/aromatic N) is 3. The highest BCUT2D eigenvalue weighted by Crippen LogP contribution is 2.22. The summed E-state index contributed by atoms with van der Waals surface area (Å²) in [6.07, 6.45) is 3.23. The molecule has 1 fully saturated rings. The number of halogens is 1. The Morgan fingerprint density at radius 3 is 2.53 bits per heavy atom. The lowest BCUT2D eigenvalue weighted by Gasteiger charge is -2.13. The van der Waals surface area contributed by atoms with Gasteiger partial charge in [-0.15, -0.1) is 0 Å². The highest BCUT2D eigenvalue weighted by Gasteiger charge is 2.29. The molecule has 34 heavy (non-hydrogen) atoms. The van der Waals surface area contributed by atoms with E-state index in [1.807, 2.05) is 42.8 Å². The number of hydrogen-bond donors (Lipinski definition) is 1. The van der Waals surface area contributed by atoms with Gasteiger partial charge in [-0.05, 0) is 49.2 Å². The van der Waals surface area contributed by atoms with Crippen LogP contribution in [0.25, 0.3) is 6.08 Å². The van der Waals surface area contributed by atoms with E-state index in [0.717, 1.165) is 39.8 Å². The molecule has 9 heteroatoms. The number of aromatic nitrogens is 2. The Kier molecular flexibility index (Phi) is 7.19. The number of thioether (sulfide) groups is 1. The maximum atomic E-state index is 12.5. The van der Waals surface area contributed by atoms with Crippen molar-refractivity contribution in [1.82, 2.24) is 14.7 Å². The zero-order chi connectivity index (χ0) is 24.2. The predicted octanol–water partition coefficient (Wildman–Crippen LogP) is 5.05. The predicted molar refractivity (Wildman–Crippen MR) is 135 cm³/mol. The molecule has 3 amide bonds. The van der Waals surface area contributed by atoms with Gasteiger partial charge in [-0.25, -0.2) is 0 Å². The van der Waals surface area contributed by atoms with E-state index in [1.165, 1.54) is 11.0 Å². The van der Waals surface area contributed by atoms with E-state index in [0.29, 0.717) is 17.3 Å². The van der Waals surface area contributed by atoms with Gasteiger partial charge in [-0.2, -0.15) is 5.10 Å². The number of carbonyl (C=O) groups excluding carboxylic acids is 3. The van der Waals surface area contributed by atoms with Crippen LogP contribution in [0, 0.1) is 13.8 Å². The first-order valence-electron chi connectivity index (χ1n) is 10.6. The Bertz CT molecular complexity index is 1270. The molecule has 1 aliphatic heterocycles. The normalized spacial score (nSPS) is 13.8. The molecule has 0 aliphatic carbocycles. The smallest absolute Gasteiger partial charge is 0.289 e. The number of imide groups is 1. The van der Waals surface area contributed by atoms with Crippen molar-refractivity contribution >= 4 is 52.2 Å². The van der Waals surface area contributed by atoms with E-state index >= 15 is 0 Å². The van der Waals surface area contributed by atoms with Crippen molar-refractivity contribution < 1.29 is 14.4 Å². The third-order valence-corrected chi connectivity index (χ3v) is 6.75. The Labute approximate surface area is 206 Å². The zero-order valence-corrected chi connectivity index (χ0v) is 20.3. The number of carbonyl (C=O) groups is 3. The van der Waals surface area contributed by atoms with Crippen LogP contribution < -0.4 is 5.32 Å². The summed E-state index contributed by atoms with van der Waals surface area (Å²) in [7, 11) is 0. The van der Waals surface area contributed by atoms with Crippen molar-refractivity contribution in [3.63, 3.8) is 0 Å². The first kappa shape index (κ1) is 23.8. The van der Waals surface area contributed by atoms with Gasteiger partial charge in [0.2, 0.25) is 11.8 Å². The molecule has 1 saturated heterocycles. The van der Waals surface area contributed by atoms with Crippen molar-refractivity contribution in [2.45, 2.75) is 26.9 Å². The molecule has 0 radical (unpaired) electrons. The largest absolute Gasteiger partial charge is 0.323 e. The average molecular weight is 495 g/mol. The highest BCUT2D eigenvalue weighted by atomic mass is 35.5. The van der Waals surface area contributed by atoms with Crippen LogP contribution in [0.5, 0.6) is 0 Å². The molecule has 0 atom stereocenters. The Hall–Kier alpha value is -3.36. The summed E-state index contributed by atoms with van der Waals surface area (Å²) in [6, 6.07) is 14.7. The summed E-state index contributed by atoms with van der Waals surface area (Å²) in [4.78, 5) is 37.2. The number of anilines is 1. The van der Waals surface area contributed by atoms with Gasteiger partial charge in [0.15, 0.2) is 0 Å². The number of nitrogens with one attached hydrogen (secondary N) is 1. The van der Waals surface area contributed by atoms with Gasteiger partial charge in [-0.3, -0.25) is 24.0 Å². The molecule has 2 aromatic carbocycles. The second-order valence-corrected chi connectivity index (χ2v) is 9.22. The molecule has 0 bridgehead atoms. The van der Waals surface area contributed by atoms with Crippen LogP contribution in [0.3, 0.4) is 0 Å². The van der Waals surface area contributed by atoms with Crippen molar-refractivity contribution in [2.24, 2.45) is 0 Å². The zero-order valence-electron chi connectivity index (χ0n) is 18.7. The number of benzene rings is 2. The highest BCUT2D eigenvalue weighted by molar-refractivity contribution is 8.14. The fraction of sp³-hybridized carbons (Fsp3) is 0.200. The maximum absolute atomic E-state index is 12.5. The second kappa shape index (κ2) is 10.3. The minimum Gasteiger partial charge on any atom is -0.323 e. The number of hydrogen-bond acceptors (Lipinski definition) is 5. The summed E-state index contributed by atoms with van der Waals surface area (Å²) in [6.45, 7) is 4.64. The topological polar surface area (TPSA) is 84.3 Å². The summed E-state index contributed by atoms with van der Waals surface area (Å²) in [5.41, 5.74) is 5.06. The van der Waals surface area contributed by atoms with Crippen LogP contribution >= 0.6 is 23.4 Å². The number of rotatable bonds is 7. The quantitative estimate of drug-likeness (QED) is 0.465. The van der Waals surface area contributed by atoms with E-state index in [2.05, 4.69) is 10.4 Å². The Balaban J connectivity index is 1.38. The maximum Gasteiger partial charge on any atom is 0.289 e. The molecule has 7 nitrogen and oxygen atoms in total. The average Bonchev–Trinajstić information content (AvgIpc) is 3.27. The SMILES string of the molecule is Cc1nn(Cc2ccccc2Cl)c(C)c1/C=C/C(=O)Nc1ccc(CN2C(=O)CSC2=O)cc1. The molecule has 0 saturated carbocycles. The minimum absolute atomic E-state index is 0.182. The molecule has 1 N–H and O–H groups in total. The Morgan fingerprint density at radius 1 is 1.12 bits per heavy atom. The van der Waals surface area contributed by atoms with Crippen LogP contribution in [0.1, 0.15) is 28.1 Å². The van der Waals surface area contributed by atoms with Crippen molar-refractivity contribution in [1.29, 1.82) is 0 Å². The van der Waals surface area contributed by atoms with Crippen LogP contribution in [0.2, 0.25) is 5.02 Å². The third-order valence-electron chi connectivity index (χ3n) is 5.52. The van der Waals surface area contributed by atoms with Gasteiger partial charge < -0.3 is 5.32 Å². The Morgan fingerprint density at radius 2 is 1.85 bits per heavy atom. The molecule has 3 aromatic rings. The van der Waals surface area contributed by atoms with E-state index in [9.17, 15) is 14.4 Å². The number of amides is 3. The lowest BCUT2D eigenvalue weighted by molar-refractivity contribution is -0.125. The molecule has 0 spiro atoms. The van der Waals surface area contributed by atoms with E-state index in [-0.39, 0.29) is 29.4 Å². The van der Waals surface area contributed by atoms with E-state index < -0.39 is 0 Å². The van der Waals surface area contributed by atoms with Crippen molar-refractivity contribution in [3.05, 3.63) is 87.7 Å².